The van der Waals surface area contributed by atoms with Crippen LogP contribution in [0.15, 0.2) is 47.4 Å². The number of halogens is 3. The van der Waals surface area contributed by atoms with E-state index < -0.39 is 28.0 Å². The summed E-state index contributed by atoms with van der Waals surface area (Å²) in [6, 6.07) is 6.64. The summed E-state index contributed by atoms with van der Waals surface area (Å²) >= 11 is 0. The van der Waals surface area contributed by atoms with Crippen LogP contribution in [0.25, 0.3) is 10.9 Å². The summed E-state index contributed by atoms with van der Waals surface area (Å²) < 4.78 is 40.7. The number of amides is 1. The van der Waals surface area contributed by atoms with Crippen LogP contribution in [0.1, 0.15) is 28.4 Å². The number of non-ortho nitro benzene ring substituents is 1. The average Bonchev–Trinajstić information content (AvgIpc) is 2.68. The molecule has 1 aromatic heterocycles. The number of hydrogen-bond acceptors (Lipinski definition) is 4. The molecule has 0 spiro atoms. The molecule has 0 aliphatic heterocycles. The van der Waals surface area contributed by atoms with E-state index in [-0.39, 0.29) is 27.8 Å². The molecule has 1 heterocycles. The maximum absolute atomic E-state index is 13.1. The fraction of sp³-hybridized carbons (Fsp3) is 0.200. The van der Waals surface area contributed by atoms with Gasteiger partial charge in [0.15, 0.2) is 0 Å². The molecular formula is C20H16F3N3O4. The van der Waals surface area contributed by atoms with Gasteiger partial charge in [-0.15, -0.1) is 0 Å². The van der Waals surface area contributed by atoms with E-state index in [9.17, 15) is 32.9 Å². The summed E-state index contributed by atoms with van der Waals surface area (Å²) in [5.74, 6) is -0.870. The lowest BCUT2D eigenvalue weighted by atomic mass is 10.1. The van der Waals surface area contributed by atoms with Crippen LogP contribution in [-0.4, -0.2) is 15.4 Å². The van der Waals surface area contributed by atoms with Crippen molar-refractivity contribution in [2.45, 2.75) is 26.6 Å². The number of anilines is 1. The van der Waals surface area contributed by atoms with Crippen LogP contribution in [0.2, 0.25) is 0 Å². The van der Waals surface area contributed by atoms with Gasteiger partial charge in [0.25, 0.3) is 11.6 Å². The molecule has 1 amide bonds. The van der Waals surface area contributed by atoms with Crippen molar-refractivity contribution in [2.75, 3.05) is 5.32 Å². The van der Waals surface area contributed by atoms with Crippen molar-refractivity contribution in [3.63, 3.8) is 0 Å². The fourth-order valence-electron chi connectivity index (χ4n) is 3.05. The van der Waals surface area contributed by atoms with Crippen LogP contribution in [0.5, 0.6) is 0 Å². The van der Waals surface area contributed by atoms with Gasteiger partial charge in [-0.05, 0) is 37.6 Å². The third kappa shape index (κ3) is 3.88. The number of nitrogens with zero attached hydrogens (tertiary/aromatic N) is 2. The third-order valence-corrected chi connectivity index (χ3v) is 4.67. The van der Waals surface area contributed by atoms with Gasteiger partial charge in [-0.1, -0.05) is 6.07 Å². The molecule has 0 saturated carbocycles. The van der Waals surface area contributed by atoms with Crippen LogP contribution in [-0.2, 0) is 12.7 Å². The van der Waals surface area contributed by atoms with Crippen molar-refractivity contribution in [1.82, 2.24) is 4.57 Å². The number of hydrogen-bond donors (Lipinski definition) is 1. The highest BCUT2D eigenvalue weighted by atomic mass is 19.4. The standard InChI is InChI=1S/C20H16F3N3O4/c1-3-25-10-15(18(27)14-8-12(20(21,22)23)5-7-17(14)25)19(28)24-16-9-13(26(29)30)6-4-11(16)2/h4-10H,3H2,1-2H3,(H,24,28). The van der Waals surface area contributed by atoms with E-state index in [2.05, 4.69) is 5.32 Å². The van der Waals surface area contributed by atoms with Gasteiger partial charge in [-0.2, -0.15) is 13.2 Å². The SMILES string of the molecule is CCn1cc(C(=O)Nc2cc([N+](=O)[O-])ccc2C)c(=O)c2cc(C(F)(F)F)ccc21. The maximum atomic E-state index is 13.1. The Morgan fingerprint density at radius 1 is 1.20 bits per heavy atom. The van der Waals surface area contributed by atoms with Gasteiger partial charge in [-0.3, -0.25) is 19.7 Å². The minimum Gasteiger partial charge on any atom is -0.347 e. The number of nitro benzene ring substituents is 1. The Bertz CT molecular complexity index is 1230. The number of nitro groups is 1. The minimum atomic E-state index is -4.64. The van der Waals surface area contributed by atoms with Gasteiger partial charge in [0, 0.05) is 30.3 Å². The molecule has 3 rings (SSSR count). The summed E-state index contributed by atoms with van der Waals surface area (Å²) in [5, 5.41) is 13.2. The van der Waals surface area contributed by atoms with Crippen LogP contribution in [0, 0.1) is 17.0 Å². The number of rotatable bonds is 4. The fourth-order valence-corrected chi connectivity index (χ4v) is 3.05. The molecule has 2 aromatic carbocycles. The van der Waals surface area contributed by atoms with Crippen molar-refractivity contribution in [2.24, 2.45) is 0 Å². The Kier molecular flexibility index (Phi) is 5.34. The first kappa shape index (κ1) is 21.0. The lowest BCUT2D eigenvalue weighted by molar-refractivity contribution is -0.384. The molecule has 30 heavy (non-hydrogen) atoms. The van der Waals surface area contributed by atoms with Crippen molar-refractivity contribution in [1.29, 1.82) is 0 Å². The maximum Gasteiger partial charge on any atom is 0.416 e. The lowest BCUT2D eigenvalue weighted by Crippen LogP contribution is -2.24. The molecule has 0 bridgehead atoms. The van der Waals surface area contributed by atoms with Crippen molar-refractivity contribution >= 4 is 28.2 Å². The first-order valence-electron chi connectivity index (χ1n) is 8.83. The number of pyridine rings is 1. The van der Waals surface area contributed by atoms with Gasteiger partial charge >= 0.3 is 6.18 Å². The van der Waals surface area contributed by atoms with Gasteiger partial charge in [0.2, 0.25) is 5.43 Å². The predicted molar refractivity (Wildman–Crippen MR) is 105 cm³/mol. The number of carbonyl (C=O) groups excluding carboxylic acids is 1. The first-order valence-corrected chi connectivity index (χ1v) is 8.83. The summed E-state index contributed by atoms with van der Waals surface area (Å²) in [5.41, 5.74) is -1.57. The molecule has 3 aromatic rings. The molecule has 0 aliphatic carbocycles. The summed E-state index contributed by atoms with van der Waals surface area (Å²) in [6.45, 7) is 3.63. The van der Waals surface area contributed by atoms with E-state index in [1.165, 1.54) is 29.0 Å². The Morgan fingerprint density at radius 3 is 2.50 bits per heavy atom. The molecule has 1 N–H and O–H groups in total. The zero-order valence-electron chi connectivity index (χ0n) is 15.9. The number of alkyl halides is 3. The highest BCUT2D eigenvalue weighted by Gasteiger charge is 2.31. The van der Waals surface area contributed by atoms with E-state index in [4.69, 9.17) is 0 Å². The van der Waals surface area contributed by atoms with E-state index in [1.807, 2.05) is 0 Å². The molecule has 0 unspecified atom stereocenters. The Morgan fingerprint density at radius 2 is 1.90 bits per heavy atom. The Balaban J connectivity index is 2.12. The smallest absolute Gasteiger partial charge is 0.347 e. The lowest BCUT2D eigenvalue weighted by Gasteiger charge is -2.14. The number of nitrogens with one attached hydrogen (secondary N) is 1. The van der Waals surface area contributed by atoms with E-state index >= 15 is 0 Å². The van der Waals surface area contributed by atoms with E-state index in [1.54, 1.807) is 13.8 Å². The third-order valence-electron chi connectivity index (χ3n) is 4.67. The Hall–Kier alpha value is -3.69. The molecule has 0 aliphatic rings. The molecule has 0 atom stereocenters. The van der Waals surface area contributed by atoms with Gasteiger partial charge < -0.3 is 9.88 Å². The summed E-state index contributed by atoms with van der Waals surface area (Å²) in [4.78, 5) is 35.9. The van der Waals surface area contributed by atoms with Crippen molar-refractivity contribution < 1.29 is 22.9 Å². The van der Waals surface area contributed by atoms with Gasteiger partial charge in [-0.25, -0.2) is 0 Å². The molecular weight excluding hydrogens is 403 g/mol. The number of aryl methyl sites for hydroxylation is 2. The highest BCUT2D eigenvalue weighted by molar-refractivity contribution is 6.06. The summed E-state index contributed by atoms with van der Waals surface area (Å²) in [7, 11) is 0. The average molecular weight is 419 g/mol. The first-order chi connectivity index (χ1) is 14.0. The summed E-state index contributed by atoms with van der Waals surface area (Å²) in [6.07, 6.45) is -3.38. The van der Waals surface area contributed by atoms with Crippen LogP contribution in [0.4, 0.5) is 24.5 Å². The highest BCUT2D eigenvalue weighted by Crippen LogP contribution is 2.31. The monoisotopic (exact) mass is 419 g/mol. The topological polar surface area (TPSA) is 94.2 Å². The second kappa shape index (κ2) is 7.62. The quantitative estimate of drug-likeness (QED) is 0.497. The molecule has 0 radical (unpaired) electrons. The second-order valence-electron chi connectivity index (χ2n) is 6.60. The van der Waals surface area contributed by atoms with E-state index in [0.29, 0.717) is 12.1 Å². The number of benzene rings is 2. The molecule has 7 nitrogen and oxygen atoms in total. The van der Waals surface area contributed by atoms with Crippen molar-refractivity contribution in [3.8, 4) is 0 Å². The second-order valence-corrected chi connectivity index (χ2v) is 6.60. The number of carbonyl (C=O) groups is 1. The van der Waals surface area contributed by atoms with Gasteiger partial charge in [0.05, 0.1) is 21.7 Å². The largest absolute Gasteiger partial charge is 0.416 e. The zero-order valence-corrected chi connectivity index (χ0v) is 15.9. The van der Waals surface area contributed by atoms with E-state index in [0.717, 1.165) is 18.2 Å². The van der Waals surface area contributed by atoms with Crippen LogP contribution >= 0.6 is 0 Å². The number of fused-ring (bicyclic) bond motifs is 1. The molecule has 0 saturated heterocycles. The normalized spacial score (nSPS) is 11.5. The molecule has 10 heteroatoms. The van der Waals surface area contributed by atoms with Gasteiger partial charge in [0.1, 0.15) is 5.56 Å². The van der Waals surface area contributed by atoms with Crippen molar-refractivity contribution in [3.05, 3.63) is 79.6 Å². The number of aromatic nitrogens is 1. The van der Waals surface area contributed by atoms with Crippen LogP contribution in [0.3, 0.4) is 0 Å². The van der Waals surface area contributed by atoms with Crippen LogP contribution < -0.4 is 10.7 Å². The zero-order chi connectivity index (χ0) is 22.2. The molecule has 0 fully saturated rings. The molecule has 156 valence electrons. The minimum absolute atomic E-state index is 0.126. The Labute approximate surface area is 167 Å². The predicted octanol–water partition coefficient (Wildman–Crippen LogP) is 4.51.